The van der Waals surface area contributed by atoms with Gasteiger partial charge in [-0.3, -0.25) is 0 Å². The van der Waals surface area contributed by atoms with Crippen molar-refractivity contribution in [3.05, 3.63) is 84.4 Å². The fourth-order valence-electron chi connectivity index (χ4n) is 3.12. The number of fused-ring (bicyclic) bond motifs is 2. The molecule has 4 aromatic rings. The monoisotopic (exact) mass is 298 g/mol. The maximum atomic E-state index is 11.5. The second-order valence-electron chi connectivity index (χ2n) is 5.58. The van der Waals surface area contributed by atoms with E-state index in [4.69, 9.17) is 0 Å². The molecule has 0 amide bonds. The van der Waals surface area contributed by atoms with E-state index in [1.165, 1.54) is 0 Å². The summed E-state index contributed by atoms with van der Waals surface area (Å²) in [7, 11) is 0. The van der Waals surface area contributed by atoms with Crippen molar-refractivity contribution in [2.45, 2.75) is 0 Å². The Kier molecular flexibility index (Phi) is 3.09. The van der Waals surface area contributed by atoms with E-state index in [2.05, 4.69) is 24.3 Å². The zero-order valence-electron chi connectivity index (χ0n) is 12.4. The predicted molar refractivity (Wildman–Crippen MR) is 93.8 cm³/mol. The first-order valence-corrected chi connectivity index (χ1v) is 7.48. The Morgan fingerprint density at radius 3 is 2.00 bits per heavy atom. The van der Waals surface area contributed by atoms with Gasteiger partial charge in [-0.05, 0) is 44.8 Å². The molecule has 0 aliphatic heterocycles. The fraction of sp³-hybridized carbons (Fsp3) is 0. The number of aromatic carboxylic acids is 1. The first kappa shape index (κ1) is 13.5. The lowest BCUT2D eigenvalue weighted by molar-refractivity contribution is 0.0697. The Bertz CT molecular complexity index is 1040. The summed E-state index contributed by atoms with van der Waals surface area (Å²) in [6, 6.07) is 25.7. The molecule has 0 spiro atoms. The van der Waals surface area contributed by atoms with E-state index in [0.29, 0.717) is 5.56 Å². The van der Waals surface area contributed by atoms with Crippen molar-refractivity contribution in [3.8, 4) is 11.1 Å². The number of hydrogen-bond donors (Lipinski definition) is 1. The number of hydrogen-bond acceptors (Lipinski definition) is 1. The molecule has 0 saturated carbocycles. The van der Waals surface area contributed by atoms with Gasteiger partial charge >= 0.3 is 5.97 Å². The highest BCUT2D eigenvalue weighted by Crippen LogP contribution is 2.34. The second-order valence-corrected chi connectivity index (χ2v) is 5.58. The number of carbonyl (C=O) groups is 1. The molecule has 110 valence electrons. The minimum absolute atomic E-state index is 0.312. The number of carboxylic acids is 1. The minimum atomic E-state index is -0.905. The van der Waals surface area contributed by atoms with Crippen LogP contribution in [0.1, 0.15) is 10.4 Å². The molecule has 0 unspecified atom stereocenters. The molecule has 0 saturated heterocycles. The Balaban J connectivity index is 2.13. The Morgan fingerprint density at radius 1 is 0.652 bits per heavy atom. The number of carboxylic acid groups (broad SMARTS) is 1. The van der Waals surface area contributed by atoms with Crippen molar-refractivity contribution in [1.82, 2.24) is 0 Å². The minimum Gasteiger partial charge on any atom is -0.478 e. The van der Waals surface area contributed by atoms with E-state index in [0.717, 1.165) is 32.7 Å². The maximum Gasteiger partial charge on any atom is 0.335 e. The fourth-order valence-corrected chi connectivity index (χ4v) is 3.12. The molecule has 4 rings (SSSR count). The molecule has 0 aliphatic carbocycles. The lowest BCUT2D eigenvalue weighted by Gasteiger charge is -2.11. The van der Waals surface area contributed by atoms with Crippen molar-refractivity contribution in [2.24, 2.45) is 0 Å². The summed E-state index contributed by atoms with van der Waals surface area (Å²) in [4.78, 5) is 11.5. The van der Waals surface area contributed by atoms with Crippen LogP contribution in [0.3, 0.4) is 0 Å². The Morgan fingerprint density at radius 2 is 1.26 bits per heavy atom. The van der Waals surface area contributed by atoms with Crippen LogP contribution >= 0.6 is 0 Å². The molecular formula is C21H14O2. The normalized spacial score (nSPS) is 11.0. The molecule has 0 fully saturated rings. The van der Waals surface area contributed by atoms with Gasteiger partial charge in [0.05, 0.1) is 5.56 Å². The molecule has 0 heterocycles. The van der Waals surface area contributed by atoms with Gasteiger partial charge in [-0.25, -0.2) is 4.79 Å². The predicted octanol–water partition coefficient (Wildman–Crippen LogP) is 5.36. The van der Waals surface area contributed by atoms with Crippen LogP contribution in [0.4, 0.5) is 0 Å². The van der Waals surface area contributed by atoms with E-state index in [-0.39, 0.29) is 0 Å². The summed E-state index contributed by atoms with van der Waals surface area (Å²) < 4.78 is 0. The van der Waals surface area contributed by atoms with E-state index >= 15 is 0 Å². The van der Waals surface area contributed by atoms with Crippen LogP contribution in [0.25, 0.3) is 32.7 Å². The van der Waals surface area contributed by atoms with Crippen molar-refractivity contribution in [2.75, 3.05) is 0 Å². The van der Waals surface area contributed by atoms with Crippen LogP contribution in [-0.4, -0.2) is 11.1 Å². The molecule has 0 aromatic heterocycles. The summed E-state index contributed by atoms with van der Waals surface area (Å²) in [5.74, 6) is -0.905. The lowest BCUT2D eigenvalue weighted by Crippen LogP contribution is -1.97. The Labute approximate surface area is 133 Å². The number of benzene rings is 4. The molecular weight excluding hydrogens is 284 g/mol. The van der Waals surface area contributed by atoms with Crippen LogP contribution in [0.2, 0.25) is 0 Å². The highest BCUT2D eigenvalue weighted by atomic mass is 16.4. The molecule has 0 bridgehead atoms. The van der Waals surface area contributed by atoms with Crippen LogP contribution in [0, 0.1) is 0 Å². The third kappa shape index (κ3) is 2.25. The van der Waals surface area contributed by atoms with Gasteiger partial charge < -0.3 is 5.11 Å². The Hall–Kier alpha value is -3.13. The summed E-state index contributed by atoms with van der Waals surface area (Å²) in [6.45, 7) is 0. The van der Waals surface area contributed by atoms with Gasteiger partial charge in [0.25, 0.3) is 0 Å². The van der Waals surface area contributed by atoms with Gasteiger partial charge in [-0.2, -0.15) is 0 Å². The van der Waals surface area contributed by atoms with Gasteiger partial charge in [0.15, 0.2) is 0 Å². The molecule has 0 radical (unpaired) electrons. The third-order valence-electron chi connectivity index (χ3n) is 4.19. The van der Waals surface area contributed by atoms with Crippen LogP contribution < -0.4 is 0 Å². The van der Waals surface area contributed by atoms with Gasteiger partial charge in [-0.15, -0.1) is 0 Å². The van der Waals surface area contributed by atoms with E-state index in [1.54, 1.807) is 12.1 Å². The SMILES string of the molecule is O=C(O)c1cc(-c2cccc3ccccc23)c2ccccc2c1. The molecule has 0 aliphatic rings. The van der Waals surface area contributed by atoms with Crippen molar-refractivity contribution < 1.29 is 9.90 Å². The smallest absolute Gasteiger partial charge is 0.335 e. The summed E-state index contributed by atoms with van der Waals surface area (Å²) in [6.07, 6.45) is 0. The molecule has 2 heteroatoms. The third-order valence-corrected chi connectivity index (χ3v) is 4.19. The van der Waals surface area contributed by atoms with Crippen molar-refractivity contribution in [3.63, 3.8) is 0 Å². The van der Waals surface area contributed by atoms with Gasteiger partial charge in [-0.1, -0.05) is 66.7 Å². The molecule has 0 atom stereocenters. The first-order chi connectivity index (χ1) is 11.2. The van der Waals surface area contributed by atoms with Crippen molar-refractivity contribution >= 4 is 27.5 Å². The van der Waals surface area contributed by atoms with E-state index < -0.39 is 5.97 Å². The van der Waals surface area contributed by atoms with Crippen molar-refractivity contribution in [1.29, 1.82) is 0 Å². The molecule has 2 nitrogen and oxygen atoms in total. The summed E-state index contributed by atoms with van der Waals surface area (Å²) >= 11 is 0. The van der Waals surface area contributed by atoms with Crippen LogP contribution in [0.5, 0.6) is 0 Å². The van der Waals surface area contributed by atoms with Gasteiger partial charge in [0.1, 0.15) is 0 Å². The molecule has 4 aromatic carbocycles. The highest BCUT2D eigenvalue weighted by Gasteiger charge is 2.12. The van der Waals surface area contributed by atoms with Crippen LogP contribution in [-0.2, 0) is 0 Å². The summed E-state index contributed by atoms with van der Waals surface area (Å²) in [5.41, 5.74) is 2.33. The summed E-state index contributed by atoms with van der Waals surface area (Å²) in [5, 5.41) is 13.7. The average Bonchev–Trinajstić information content (AvgIpc) is 2.60. The lowest BCUT2D eigenvalue weighted by atomic mass is 9.92. The quantitative estimate of drug-likeness (QED) is 0.541. The van der Waals surface area contributed by atoms with Crippen LogP contribution in [0.15, 0.2) is 78.9 Å². The van der Waals surface area contributed by atoms with Gasteiger partial charge in [0, 0.05) is 0 Å². The average molecular weight is 298 g/mol. The largest absolute Gasteiger partial charge is 0.478 e. The standard InChI is InChI=1S/C21H14O2/c22-21(23)16-12-15-7-2-4-10-18(15)20(13-16)19-11-5-8-14-6-1-3-9-17(14)19/h1-13H,(H,22,23). The topological polar surface area (TPSA) is 37.3 Å². The van der Waals surface area contributed by atoms with Gasteiger partial charge in [0.2, 0.25) is 0 Å². The number of rotatable bonds is 2. The maximum absolute atomic E-state index is 11.5. The van der Waals surface area contributed by atoms with E-state index in [1.807, 2.05) is 42.5 Å². The second kappa shape index (κ2) is 5.25. The highest BCUT2D eigenvalue weighted by molar-refractivity contribution is 6.08. The molecule has 1 N–H and O–H groups in total. The van der Waals surface area contributed by atoms with E-state index in [9.17, 15) is 9.90 Å². The first-order valence-electron chi connectivity index (χ1n) is 7.48. The zero-order chi connectivity index (χ0) is 15.8. The molecule has 23 heavy (non-hydrogen) atoms. The zero-order valence-corrected chi connectivity index (χ0v) is 12.4.